The zero-order valence-electron chi connectivity index (χ0n) is 11.7. The van der Waals surface area contributed by atoms with E-state index in [2.05, 4.69) is 9.97 Å². The second-order valence-corrected chi connectivity index (χ2v) is 7.07. The summed E-state index contributed by atoms with van der Waals surface area (Å²) in [6.07, 6.45) is 6.38. The molecule has 1 atom stereocenters. The fraction of sp³-hybridized carbons (Fsp3) is 0.667. The van der Waals surface area contributed by atoms with E-state index in [0.29, 0.717) is 12.5 Å². The molecule has 108 valence electrons. The summed E-state index contributed by atoms with van der Waals surface area (Å²) >= 11 is 0. The number of hydrogen-bond acceptors (Lipinski definition) is 6. The highest BCUT2D eigenvalue weighted by molar-refractivity contribution is 7.90. The molecule has 0 amide bonds. The number of anilines is 1. The van der Waals surface area contributed by atoms with Crippen molar-refractivity contribution >= 4 is 15.8 Å². The molecule has 6 nitrogen and oxygen atoms in total. The summed E-state index contributed by atoms with van der Waals surface area (Å²) in [5, 5.41) is 0. The van der Waals surface area contributed by atoms with Crippen molar-refractivity contribution in [2.45, 2.75) is 25.8 Å². The molecule has 0 aliphatic carbocycles. The van der Waals surface area contributed by atoms with Crippen LogP contribution in [-0.4, -0.2) is 50.0 Å². The first-order valence-electron chi connectivity index (χ1n) is 6.27. The summed E-state index contributed by atoms with van der Waals surface area (Å²) < 4.78 is 22.2. The molecule has 1 unspecified atom stereocenters. The molecule has 1 heterocycles. The molecule has 0 aliphatic heterocycles. The fourth-order valence-corrected chi connectivity index (χ4v) is 2.11. The molecule has 19 heavy (non-hydrogen) atoms. The minimum Gasteiger partial charge on any atom is -0.343 e. The van der Waals surface area contributed by atoms with Crippen LogP contribution in [0.15, 0.2) is 12.4 Å². The van der Waals surface area contributed by atoms with Gasteiger partial charge in [-0.25, -0.2) is 18.4 Å². The fourth-order valence-electron chi connectivity index (χ4n) is 1.50. The third kappa shape index (κ3) is 5.98. The Morgan fingerprint density at radius 3 is 2.42 bits per heavy atom. The molecular formula is C12H22N4O2S. The Kier molecular flexibility index (Phi) is 5.68. The standard InChI is InChI=1S/C12H22N4O2S/c1-4-11(13)7-10-8-14-12(15-9-10)16(2)5-6-19(3,17)18/h8-9,11H,4-7,13H2,1-3H3. The van der Waals surface area contributed by atoms with E-state index in [4.69, 9.17) is 5.73 Å². The Hall–Kier alpha value is -1.21. The van der Waals surface area contributed by atoms with Gasteiger partial charge >= 0.3 is 0 Å². The Labute approximate surface area is 115 Å². The largest absolute Gasteiger partial charge is 0.343 e. The number of hydrogen-bond donors (Lipinski definition) is 1. The second-order valence-electron chi connectivity index (χ2n) is 4.82. The highest BCUT2D eigenvalue weighted by Gasteiger charge is 2.09. The molecule has 0 aliphatic rings. The van der Waals surface area contributed by atoms with Gasteiger partial charge in [0.05, 0.1) is 5.75 Å². The van der Waals surface area contributed by atoms with E-state index in [1.807, 2.05) is 6.92 Å². The summed E-state index contributed by atoms with van der Waals surface area (Å²) in [6.45, 7) is 2.42. The highest BCUT2D eigenvalue weighted by Crippen LogP contribution is 2.07. The Morgan fingerprint density at radius 1 is 1.37 bits per heavy atom. The van der Waals surface area contributed by atoms with Crippen LogP contribution in [-0.2, 0) is 16.3 Å². The summed E-state index contributed by atoms with van der Waals surface area (Å²) in [5.41, 5.74) is 6.86. The zero-order chi connectivity index (χ0) is 14.5. The van der Waals surface area contributed by atoms with Gasteiger partial charge in [-0.05, 0) is 18.4 Å². The first-order valence-corrected chi connectivity index (χ1v) is 8.33. The van der Waals surface area contributed by atoms with Crippen LogP contribution in [0.4, 0.5) is 5.95 Å². The van der Waals surface area contributed by atoms with Gasteiger partial charge in [0.25, 0.3) is 0 Å². The third-order valence-electron chi connectivity index (χ3n) is 2.85. The van der Waals surface area contributed by atoms with Gasteiger partial charge in [0.2, 0.25) is 5.95 Å². The van der Waals surface area contributed by atoms with Crippen LogP contribution in [0, 0.1) is 0 Å². The van der Waals surface area contributed by atoms with Crippen molar-refractivity contribution in [1.29, 1.82) is 0 Å². The van der Waals surface area contributed by atoms with Gasteiger partial charge in [0.15, 0.2) is 0 Å². The predicted octanol–water partition coefficient (Wildman–Crippen LogP) is 0.237. The molecule has 0 saturated heterocycles. The highest BCUT2D eigenvalue weighted by atomic mass is 32.2. The van der Waals surface area contributed by atoms with Crippen LogP contribution in [0.3, 0.4) is 0 Å². The van der Waals surface area contributed by atoms with Gasteiger partial charge in [0, 0.05) is 38.3 Å². The minimum absolute atomic E-state index is 0.0926. The molecule has 0 saturated carbocycles. The van der Waals surface area contributed by atoms with E-state index in [0.717, 1.165) is 18.4 Å². The normalized spacial score (nSPS) is 13.3. The van der Waals surface area contributed by atoms with Gasteiger partial charge in [-0.15, -0.1) is 0 Å². The lowest BCUT2D eigenvalue weighted by Crippen LogP contribution is -2.26. The van der Waals surface area contributed by atoms with E-state index in [-0.39, 0.29) is 11.8 Å². The summed E-state index contributed by atoms with van der Waals surface area (Å²) in [6, 6.07) is 0.123. The lowest BCUT2D eigenvalue weighted by molar-refractivity contribution is 0.600. The van der Waals surface area contributed by atoms with Gasteiger partial charge in [-0.1, -0.05) is 6.92 Å². The van der Waals surface area contributed by atoms with Crippen LogP contribution < -0.4 is 10.6 Å². The Balaban J connectivity index is 2.60. The van der Waals surface area contributed by atoms with E-state index >= 15 is 0 Å². The molecule has 0 bridgehead atoms. The van der Waals surface area contributed by atoms with Crippen molar-refractivity contribution in [2.75, 3.05) is 30.5 Å². The average molecular weight is 286 g/mol. The van der Waals surface area contributed by atoms with Crippen LogP contribution in [0.25, 0.3) is 0 Å². The van der Waals surface area contributed by atoms with E-state index in [9.17, 15) is 8.42 Å². The van der Waals surface area contributed by atoms with Crippen molar-refractivity contribution < 1.29 is 8.42 Å². The van der Waals surface area contributed by atoms with Gasteiger partial charge < -0.3 is 10.6 Å². The summed E-state index contributed by atoms with van der Waals surface area (Å²) in [4.78, 5) is 10.2. The quantitative estimate of drug-likeness (QED) is 0.772. The molecular weight excluding hydrogens is 264 g/mol. The van der Waals surface area contributed by atoms with Crippen molar-refractivity contribution in [3.63, 3.8) is 0 Å². The summed E-state index contributed by atoms with van der Waals surface area (Å²) in [7, 11) is -1.19. The first-order chi connectivity index (χ1) is 8.81. The van der Waals surface area contributed by atoms with Crippen LogP contribution in [0.1, 0.15) is 18.9 Å². The van der Waals surface area contributed by atoms with E-state index in [1.165, 1.54) is 6.26 Å². The van der Waals surface area contributed by atoms with Crippen LogP contribution in [0.5, 0.6) is 0 Å². The molecule has 7 heteroatoms. The monoisotopic (exact) mass is 286 g/mol. The molecule has 0 fully saturated rings. The molecule has 0 aromatic carbocycles. The number of rotatable bonds is 7. The van der Waals surface area contributed by atoms with Crippen molar-refractivity contribution in [3.8, 4) is 0 Å². The maximum Gasteiger partial charge on any atom is 0.225 e. The van der Waals surface area contributed by atoms with E-state index in [1.54, 1.807) is 24.3 Å². The molecule has 1 rings (SSSR count). The van der Waals surface area contributed by atoms with Crippen molar-refractivity contribution in [1.82, 2.24) is 9.97 Å². The van der Waals surface area contributed by atoms with E-state index < -0.39 is 9.84 Å². The topological polar surface area (TPSA) is 89.2 Å². The number of nitrogens with two attached hydrogens (primary N) is 1. The lowest BCUT2D eigenvalue weighted by Gasteiger charge is -2.16. The van der Waals surface area contributed by atoms with Gasteiger partial charge in [-0.3, -0.25) is 0 Å². The maximum atomic E-state index is 11.1. The van der Waals surface area contributed by atoms with Crippen molar-refractivity contribution in [3.05, 3.63) is 18.0 Å². The first kappa shape index (κ1) is 15.8. The molecule has 0 spiro atoms. The Bertz CT molecular complexity index is 487. The number of aromatic nitrogens is 2. The third-order valence-corrected chi connectivity index (χ3v) is 3.78. The second kappa shape index (κ2) is 6.81. The molecule has 1 aromatic rings. The smallest absolute Gasteiger partial charge is 0.225 e. The Morgan fingerprint density at radius 2 is 1.95 bits per heavy atom. The van der Waals surface area contributed by atoms with Crippen LogP contribution >= 0.6 is 0 Å². The number of nitrogens with zero attached hydrogens (tertiary/aromatic N) is 3. The van der Waals surface area contributed by atoms with Crippen molar-refractivity contribution in [2.24, 2.45) is 5.73 Å². The zero-order valence-corrected chi connectivity index (χ0v) is 12.5. The molecule has 1 aromatic heterocycles. The predicted molar refractivity (Wildman–Crippen MR) is 77.0 cm³/mol. The van der Waals surface area contributed by atoms with Gasteiger partial charge in [-0.2, -0.15) is 0 Å². The number of sulfone groups is 1. The van der Waals surface area contributed by atoms with Crippen LogP contribution in [0.2, 0.25) is 0 Å². The molecule has 2 N–H and O–H groups in total. The lowest BCUT2D eigenvalue weighted by atomic mass is 10.1. The average Bonchev–Trinajstić information content (AvgIpc) is 2.36. The SMILES string of the molecule is CCC(N)Cc1cnc(N(C)CCS(C)(=O)=O)nc1. The molecule has 0 radical (unpaired) electrons. The summed E-state index contributed by atoms with van der Waals surface area (Å²) in [5.74, 6) is 0.618. The minimum atomic E-state index is -2.97. The van der Waals surface area contributed by atoms with Gasteiger partial charge in [0.1, 0.15) is 9.84 Å². The maximum absolute atomic E-state index is 11.1.